The van der Waals surface area contributed by atoms with Gasteiger partial charge < -0.3 is 4.90 Å². The third kappa shape index (κ3) is 2.02. The molecule has 1 saturated heterocycles. The van der Waals surface area contributed by atoms with Crippen LogP contribution in [0.3, 0.4) is 0 Å². The topological polar surface area (TPSA) is 20.3 Å². The van der Waals surface area contributed by atoms with Gasteiger partial charge in [0.25, 0.3) is 0 Å². The first-order valence-electron chi connectivity index (χ1n) is 9.68. The third-order valence-electron chi connectivity index (χ3n) is 8.61. The highest BCUT2D eigenvalue weighted by molar-refractivity contribution is 5.77. The van der Waals surface area contributed by atoms with Crippen molar-refractivity contribution >= 4 is 5.91 Å². The standard InChI is InChI=1S/C21H33NO/c1-13-10-16-19-14(2)11-17-21(4,9-7-18(23)22(17)5)15(19)6-8-20(16,3)12-13/h14-17,19H,1,6-12H2,2-5H3/t14?,15?,16?,17?,19?,20-,21-/m1/s1. The van der Waals surface area contributed by atoms with Gasteiger partial charge in [-0.25, -0.2) is 0 Å². The van der Waals surface area contributed by atoms with Crippen molar-refractivity contribution in [3.8, 4) is 0 Å². The smallest absolute Gasteiger partial charge is 0.222 e. The van der Waals surface area contributed by atoms with Crippen LogP contribution >= 0.6 is 0 Å². The van der Waals surface area contributed by atoms with Gasteiger partial charge in [-0.3, -0.25) is 4.79 Å². The summed E-state index contributed by atoms with van der Waals surface area (Å²) in [5, 5.41) is 0. The molecule has 1 heterocycles. The Kier molecular flexibility index (Phi) is 3.32. The lowest BCUT2D eigenvalue weighted by molar-refractivity contribution is -0.164. The van der Waals surface area contributed by atoms with Crippen molar-refractivity contribution in [3.05, 3.63) is 12.2 Å². The van der Waals surface area contributed by atoms with Crippen LogP contribution < -0.4 is 0 Å². The number of hydrogen-bond donors (Lipinski definition) is 0. The monoisotopic (exact) mass is 315 g/mol. The Morgan fingerprint density at radius 3 is 2.70 bits per heavy atom. The Labute approximate surface area is 141 Å². The number of carbonyl (C=O) groups is 1. The van der Waals surface area contributed by atoms with Gasteiger partial charge >= 0.3 is 0 Å². The molecule has 2 heteroatoms. The minimum atomic E-state index is 0.338. The molecule has 1 amide bonds. The van der Waals surface area contributed by atoms with Gasteiger partial charge in [-0.1, -0.05) is 32.9 Å². The third-order valence-corrected chi connectivity index (χ3v) is 8.61. The van der Waals surface area contributed by atoms with Gasteiger partial charge in [0.15, 0.2) is 0 Å². The minimum absolute atomic E-state index is 0.338. The molecule has 23 heavy (non-hydrogen) atoms. The summed E-state index contributed by atoms with van der Waals surface area (Å²) in [6, 6.07) is 0.467. The fourth-order valence-corrected chi connectivity index (χ4v) is 7.43. The molecule has 4 fully saturated rings. The molecule has 0 aromatic carbocycles. The Morgan fingerprint density at radius 2 is 1.96 bits per heavy atom. The van der Waals surface area contributed by atoms with Crippen molar-refractivity contribution in [3.63, 3.8) is 0 Å². The van der Waals surface area contributed by atoms with Gasteiger partial charge in [-0.05, 0) is 73.0 Å². The van der Waals surface area contributed by atoms with Gasteiger partial charge in [0.2, 0.25) is 5.91 Å². The summed E-state index contributed by atoms with van der Waals surface area (Å²) in [6.07, 6.45) is 8.33. The molecule has 3 aliphatic carbocycles. The second-order valence-corrected chi connectivity index (χ2v) is 9.85. The number of nitrogens with zero attached hydrogens (tertiary/aromatic N) is 1. The summed E-state index contributed by atoms with van der Waals surface area (Å²) in [4.78, 5) is 14.4. The SMILES string of the molecule is C=C1CC2C3C(C)CC4N(C)C(=O)CC[C@]4(C)C3CC[C@]2(C)C1. The lowest BCUT2D eigenvalue weighted by atomic mass is 9.45. The lowest BCUT2D eigenvalue weighted by Crippen LogP contribution is -2.62. The molecule has 0 N–H and O–H groups in total. The van der Waals surface area contributed by atoms with Crippen molar-refractivity contribution in [1.82, 2.24) is 4.90 Å². The van der Waals surface area contributed by atoms with Gasteiger partial charge in [-0.15, -0.1) is 0 Å². The van der Waals surface area contributed by atoms with Crippen molar-refractivity contribution in [2.75, 3.05) is 7.05 Å². The minimum Gasteiger partial charge on any atom is -0.342 e. The molecule has 0 radical (unpaired) electrons. The van der Waals surface area contributed by atoms with Crippen LogP contribution in [-0.4, -0.2) is 23.9 Å². The number of carbonyl (C=O) groups excluding carboxylic acids is 1. The summed E-state index contributed by atoms with van der Waals surface area (Å²) < 4.78 is 0. The molecule has 0 bridgehead atoms. The van der Waals surface area contributed by atoms with E-state index < -0.39 is 0 Å². The van der Waals surface area contributed by atoms with E-state index in [9.17, 15) is 4.79 Å². The maximum atomic E-state index is 12.2. The quantitative estimate of drug-likeness (QED) is 0.596. The Balaban J connectivity index is 1.71. The van der Waals surface area contributed by atoms with Crippen molar-refractivity contribution in [2.45, 2.75) is 71.8 Å². The highest BCUT2D eigenvalue weighted by Gasteiger charge is 2.61. The zero-order valence-corrected chi connectivity index (χ0v) is 15.4. The fraction of sp³-hybridized carbons (Fsp3) is 0.857. The summed E-state index contributed by atoms with van der Waals surface area (Å²) in [5.41, 5.74) is 2.34. The van der Waals surface area contributed by atoms with E-state index in [1.807, 2.05) is 0 Å². The summed E-state index contributed by atoms with van der Waals surface area (Å²) >= 11 is 0. The second-order valence-electron chi connectivity index (χ2n) is 9.85. The fourth-order valence-electron chi connectivity index (χ4n) is 7.43. The Bertz CT molecular complexity index is 554. The molecule has 0 aromatic heterocycles. The van der Waals surface area contributed by atoms with Crippen LogP contribution in [0.25, 0.3) is 0 Å². The average Bonchev–Trinajstić information content (AvgIpc) is 2.80. The van der Waals surface area contributed by atoms with Gasteiger partial charge in [0, 0.05) is 19.5 Å². The van der Waals surface area contributed by atoms with Crippen molar-refractivity contribution in [1.29, 1.82) is 0 Å². The first-order chi connectivity index (χ1) is 10.8. The number of amides is 1. The van der Waals surface area contributed by atoms with E-state index in [-0.39, 0.29) is 0 Å². The molecule has 3 saturated carbocycles. The van der Waals surface area contributed by atoms with Gasteiger partial charge in [0.05, 0.1) is 0 Å². The first kappa shape index (κ1) is 15.7. The maximum absolute atomic E-state index is 12.2. The molecule has 0 spiro atoms. The number of piperidine rings is 1. The normalized spacial score (nSPS) is 52.9. The first-order valence-corrected chi connectivity index (χ1v) is 9.68. The number of rotatable bonds is 0. The molecule has 4 aliphatic rings. The lowest BCUT2D eigenvalue weighted by Gasteiger charge is -2.63. The number of allylic oxidation sites excluding steroid dienone is 1. The molecule has 1 aliphatic heterocycles. The van der Waals surface area contributed by atoms with Crippen LogP contribution in [0.15, 0.2) is 12.2 Å². The van der Waals surface area contributed by atoms with E-state index in [0.29, 0.717) is 22.8 Å². The highest BCUT2D eigenvalue weighted by Crippen LogP contribution is 2.66. The van der Waals surface area contributed by atoms with E-state index >= 15 is 0 Å². The van der Waals surface area contributed by atoms with Crippen LogP contribution in [0.5, 0.6) is 0 Å². The highest BCUT2D eigenvalue weighted by atomic mass is 16.2. The molecular formula is C21H33NO. The Morgan fingerprint density at radius 1 is 1.22 bits per heavy atom. The van der Waals surface area contributed by atoms with E-state index in [2.05, 4.69) is 39.3 Å². The summed E-state index contributed by atoms with van der Waals surface area (Å²) in [5.74, 6) is 3.59. The zero-order valence-electron chi connectivity index (χ0n) is 15.4. The molecular weight excluding hydrogens is 282 g/mol. The molecule has 128 valence electrons. The van der Waals surface area contributed by atoms with E-state index in [0.717, 1.165) is 36.5 Å². The van der Waals surface area contributed by atoms with Crippen LogP contribution in [0.2, 0.25) is 0 Å². The maximum Gasteiger partial charge on any atom is 0.222 e. The summed E-state index contributed by atoms with van der Waals surface area (Å²) in [6.45, 7) is 11.9. The number of hydrogen-bond acceptors (Lipinski definition) is 1. The van der Waals surface area contributed by atoms with Crippen LogP contribution in [0, 0.1) is 34.5 Å². The largest absolute Gasteiger partial charge is 0.342 e. The molecule has 7 atom stereocenters. The predicted octanol–water partition coefficient (Wildman–Crippen LogP) is 4.65. The number of fused-ring (bicyclic) bond motifs is 5. The second kappa shape index (κ2) is 4.86. The van der Waals surface area contributed by atoms with Crippen molar-refractivity contribution < 1.29 is 4.79 Å². The predicted molar refractivity (Wildman–Crippen MR) is 93.9 cm³/mol. The molecule has 0 aromatic rings. The van der Waals surface area contributed by atoms with Crippen molar-refractivity contribution in [2.24, 2.45) is 34.5 Å². The van der Waals surface area contributed by atoms with E-state index in [1.165, 1.54) is 37.7 Å². The van der Waals surface area contributed by atoms with E-state index in [1.54, 1.807) is 0 Å². The molecule has 4 rings (SSSR count). The van der Waals surface area contributed by atoms with Crippen LogP contribution in [-0.2, 0) is 4.79 Å². The summed E-state index contributed by atoms with van der Waals surface area (Å²) in [7, 11) is 2.06. The van der Waals surface area contributed by atoms with Crippen LogP contribution in [0.1, 0.15) is 65.7 Å². The van der Waals surface area contributed by atoms with E-state index in [4.69, 9.17) is 0 Å². The average molecular weight is 316 g/mol. The Hall–Kier alpha value is -0.790. The van der Waals surface area contributed by atoms with Gasteiger partial charge in [-0.2, -0.15) is 0 Å². The van der Waals surface area contributed by atoms with Gasteiger partial charge in [0.1, 0.15) is 0 Å². The van der Waals surface area contributed by atoms with Crippen LogP contribution in [0.4, 0.5) is 0 Å². The zero-order chi connectivity index (χ0) is 16.6. The number of likely N-dealkylation sites (tertiary alicyclic amines) is 1. The molecule has 5 unspecified atom stereocenters. The molecule has 2 nitrogen and oxygen atoms in total.